The molecule has 0 atom stereocenters. The van der Waals surface area contributed by atoms with Crippen molar-refractivity contribution in [3.05, 3.63) is 53.7 Å². The van der Waals surface area contributed by atoms with Crippen molar-refractivity contribution in [2.75, 3.05) is 5.73 Å². The van der Waals surface area contributed by atoms with Gasteiger partial charge >= 0.3 is 0 Å². The van der Waals surface area contributed by atoms with Crippen molar-refractivity contribution >= 4 is 22.5 Å². The minimum Gasteiger partial charge on any atom is -0.382 e. The number of nitrogen functional groups attached to an aromatic ring is 1. The zero-order valence-corrected chi connectivity index (χ0v) is 11.6. The van der Waals surface area contributed by atoms with Gasteiger partial charge in [0.15, 0.2) is 5.78 Å². The van der Waals surface area contributed by atoms with E-state index in [4.69, 9.17) is 5.73 Å². The average molecular weight is 299 g/mol. The van der Waals surface area contributed by atoms with E-state index in [-0.39, 0.29) is 17.2 Å². The monoisotopic (exact) mass is 299 g/mol. The number of rotatable bonds is 2. The fraction of sp³-hybridized carbons (Fsp3) is 0.0625. The number of aromatic nitrogens is 2. The first-order valence-electron chi connectivity index (χ1n) is 6.48. The summed E-state index contributed by atoms with van der Waals surface area (Å²) in [4.78, 5) is 19.8. The third-order valence-corrected chi connectivity index (χ3v) is 3.30. The highest BCUT2D eigenvalue weighted by atomic mass is 19.1. The van der Waals surface area contributed by atoms with Crippen molar-refractivity contribution in [1.82, 2.24) is 9.97 Å². The molecule has 3 rings (SSSR count). The normalized spacial score (nSPS) is 10.9. The number of carbonyl (C=O) groups is 1. The minimum absolute atomic E-state index is 0.152. The van der Waals surface area contributed by atoms with Crippen LogP contribution < -0.4 is 5.73 Å². The molecule has 0 saturated heterocycles. The van der Waals surface area contributed by atoms with Gasteiger partial charge in [-0.2, -0.15) is 0 Å². The lowest BCUT2D eigenvalue weighted by Gasteiger charge is -2.08. The predicted molar refractivity (Wildman–Crippen MR) is 79.3 cm³/mol. The third kappa shape index (κ3) is 2.39. The molecular formula is C16H11F2N3O. The summed E-state index contributed by atoms with van der Waals surface area (Å²) in [7, 11) is 0. The SMILES string of the molecule is CC(=O)c1cnc(N)c2nc(-c3cc(F)cc(F)c3)ccc12. The highest BCUT2D eigenvalue weighted by molar-refractivity contribution is 6.08. The van der Waals surface area contributed by atoms with Gasteiger partial charge in [-0.1, -0.05) is 0 Å². The molecule has 0 aliphatic rings. The quantitative estimate of drug-likeness (QED) is 0.737. The smallest absolute Gasteiger partial charge is 0.162 e. The molecule has 0 amide bonds. The molecule has 0 fully saturated rings. The number of anilines is 1. The second-order valence-corrected chi connectivity index (χ2v) is 4.86. The molecule has 0 radical (unpaired) electrons. The van der Waals surface area contributed by atoms with Crippen LogP contribution >= 0.6 is 0 Å². The first-order valence-corrected chi connectivity index (χ1v) is 6.48. The molecule has 1 aromatic carbocycles. The predicted octanol–water partition coefficient (Wildman–Crippen LogP) is 3.36. The summed E-state index contributed by atoms with van der Waals surface area (Å²) in [6.45, 7) is 1.42. The maximum Gasteiger partial charge on any atom is 0.162 e. The Morgan fingerprint density at radius 1 is 1.14 bits per heavy atom. The lowest BCUT2D eigenvalue weighted by molar-refractivity contribution is 0.101. The largest absolute Gasteiger partial charge is 0.382 e. The summed E-state index contributed by atoms with van der Waals surface area (Å²) < 4.78 is 26.7. The molecule has 2 heterocycles. The van der Waals surface area contributed by atoms with Crippen molar-refractivity contribution in [3.8, 4) is 11.3 Å². The number of Topliss-reactive ketones (excluding diaryl/α,β-unsaturated/α-hetero) is 1. The Kier molecular flexibility index (Phi) is 3.29. The van der Waals surface area contributed by atoms with Gasteiger partial charge in [-0.05, 0) is 31.2 Å². The molecule has 0 unspecified atom stereocenters. The van der Waals surface area contributed by atoms with Gasteiger partial charge in [0.25, 0.3) is 0 Å². The molecule has 4 nitrogen and oxygen atoms in total. The molecule has 6 heteroatoms. The lowest BCUT2D eigenvalue weighted by Crippen LogP contribution is -2.01. The average Bonchev–Trinajstić information content (AvgIpc) is 2.46. The van der Waals surface area contributed by atoms with Crippen LogP contribution in [0.2, 0.25) is 0 Å². The van der Waals surface area contributed by atoms with Gasteiger partial charge in [0.1, 0.15) is 23.0 Å². The first-order chi connectivity index (χ1) is 10.5. The van der Waals surface area contributed by atoms with Crippen LogP contribution in [0, 0.1) is 11.6 Å². The molecule has 3 aromatic rings. The van der Waals surface area contributed by atoms with E-state index in [1.807, 2.05) is 0 Å². The van der Waals surface area contributed by atoms with Gasteiger partial charge in [-0.3, -0.25) is 4.79 Å². The number of fused-ring (bicyclic) bond motifs is 1. The number of carbonyl (C=O) groups excluding carboxylic acids is 1. The number of benzene rings is 1. The van der Waals surface area contributed by atoms with Crippen LogP contribution in [-0.2, 0) is 0 Å². The lowest BCUT2D eigenvalue weighted by atomic mass is 10.1. The van der Waals surface area contributed by atoms with E-state index in [0.29, 0.717) is 22.2 Å². The molecule has 0 saturated carbocycles. The van der Waals surface area contributed by atoms with Crippen LogP contribution in [0.5, 0.6) is 0 Å². The number of halogens is 2. The summed E-state index contributed by atoms with van der Waals surface area (Å²) in [5.74, 6) is -1.40. The van der Waals surface area contributed by atoms with Crippen LogP contribution in [0.1, 0.15) is 17.3 Å². The molecular weight excluding hydrogens is 288 g/mol. The minimum atomic E-state index is -0.694. The van der Waals surface area contributed by atoms with Crippen molar-refractivity contribution in [2.24, 2.45) is 0 Å². The van der Waals surface area contributed by atoms with Crippen LogP contribution in [0.3, 0.4) is 0 Å². The molecule has 0 aliphatic carbocycles. The Morgan fingerprint density at radius 3 is 2.45 bits per heavy atom. The van der Waals surface area contributed by atoms with Crippen molar-refractivity contribution < 1.29 is 13.6 Å². The van der Waals surface area contributed by atoms with Crippen LogP contribution in [-0.4, -0.2) is 15.8 Å². The molecule has 2 aromatic heterocycles. The van der Waals surface area contributed by atoms with Crippen molar-refractivity contribution in [2.45, 2.75) is 6.92 Å². The molecule has 110 valence electrons. The molecule has 0 aliphatic heterocycles. The Hall–Kier alpha value is -2.89. The topological polar surface area (TPSA) is 68.9 Å². The van der Waals surface area contributed by atoms with E-state index in [9.17, 15) is 13.6 Å². The number of hydrogen-bond acceptors (Lipinski definition) is 4. The molecule has 0 bridgehead atoms. The number of hydrogen-bond donors (Lipinski definition) is 1. The van der Waals surface area contributed by atoms with Gasteiger partial charge in [0, 0.05) is 28.8 Å². The second-order valence-electron chi connectivity index (χ2n) is 4.86. The highest BCUT2D eigenvalue weighted by Crippen LogP contribution is 2.26. The van der Waals surface area contributed by atoms with Gasteiger partial charge in [0.2, 0.25) is 0 Å². The fourth-order valence-corrected chi connectivity index (χ4v) is 2.28. The summed E-state index contributed by atoms with van der Waals surface area (Å²) in [6, 6.07) is 6.37. The van der Waals surface area contributed by atoms with E-state index in [1.54, 1.807) is 12.1 Å². The van der Waals surface area contributed by atoms with E-state index in [0.717, 1.165) is 6.07 Å². The molecule has 22 heavy (non-hydrogen) atoms. The fourth-order valence-electron chi connectivity index (χ4n) is 2.28. The van der Waals surface area contributed by atoms with E-state index < -0.39 is 11.6 Å². The Morgan fingerprint density at radius 2 is 1.82 bits per heavy atom. The highest BCUT2D eigenvalue weighted by Gasteiger charge is 2.12. The van der Waals surface area contributed by atoms with Crippen molar-refractivity contribution in [1.29, 1.82) is 0 Å². The van der Waals surface area contributed by atoms with E-state index in [1.165, 1.54) is 25.3 Å². The first kappa shape index (κ1) is 14.1. The second kappa shape index (κ2) is 5.14. The molecule has 0 spiro atoms. The van der Waals surface area contributed by atoms with E-state index in [2.05, 4.69) is 9.97 Å². The van der Waals surface area contributed by atoms with Gasteiger partial charge in [-0.25, -0.2) is 18.7 Å². The summed E-state index contributed by atoms with van der Waals surface area (Å²) in [5.41, 5.74) is 7.16. The van der Waals surface area contributed by atoms with Gasteiger partial charge < -0.3 is 5.73 Å². The Balaban J connectivity index is 2.26. The number of ketones is 1. The standard InChI is InChI=1S/C16H11F2N3O/c1-8(22)13-7-20-16(19)15-12(13)2-3-14(21-15)9-4-10(17)6-11(18)5-9/h2-7H,1H3,(H2,19,20). The number of pyridine rings is 2. The van der Waals surface area contributed by atoms with Gasteiger partial charge in [-0.15, -0.1) is 0 Å². The Bertz CT molecular complexity index is 889. The van der Waals surface area contributed by atoms with Crippen molar-refractivity contribution in [3.63, 3.8) is 0 Å². The number of nitrogens with two attached hydrogens (primary N) is 1. The summed E-state index contributed by atoms with van der Waals surface area (Å²) >= 11 is 0. The van der Waals surface area contributed by atoms with E-state index >= 15 is 0 Å². The zero-order chi connectivity index (χ0) is 15.9. The van der Waals surface area contributed by atoms with Gasteiger partial charge in [0.05, 0.1) is 5.69 Å². The Labute approximate surface area is 124 Å². The summed E-state index contributed by atoms with van der Waals surface area (Å²) in [5, 5.41) is 0.556. The maximum absolute atomic E-state index is 13.3. The molecule has 2 N–H and O–H groups in total. The zero-order valence-electron chi connectivity index (χ0n) is 11.6. The number of nitrogens with zero attached hydrogens (tertiary/aromatic N) is 2. The van der Waals surface area contributed by atoms with Crippen LogP contribution in [0.15, 0.2) is 36.5 Å². The van der Waals surface area contributed by atoms with Crippen LogP contribution in [0.25, 0.3) is 22.2 Å². The summed E-state index contributed by atoms with van der Waals surface area (Å²) in [6.07, 6.45) is 1.39. The maximum atomic E-state index is 13.3. The van der Waals surface area contributed by atoms with Crippen LogP contribution in [0.4, 0.5) is 14.6 Å². The third-order valence-electron chi connectivity index (χ3n) is 3.30.